The highest BCUT2D eigenvalue weighted by Gasteiger charge is 2.35. The van der Waals surface area contributed by atoms with Crippen LogP contribution in [-0.2, 0) is 0 Å². The van der Waals surface area contributed by atoms with Crippen LogP contribution in [0.5, 0.6) is 0 Å². The molecule has 7 aromatic carbocycles. The van der Waals surface area contributed by atoms with Crippen LogP contribution in [0.4, 0.5) is 28.4 Å². The maximum absolute atomic E-state index is 2.51. The SMILES string of the molecule is Cc1cc(-c2ccc3c(c2)N(c2cccc4ccccc24)C2=CC=CCC23)cc(N(c2ccccc2)c2cccc(-c3ccccc3)c2)c1. The number of aryl methyl sites for hydroxylation is 1. The Morgan fingerprint density at radius 1 is 0.531 bits per heavy atom. The van der Waals surface area contributed by atoms with E-state index < -0.39 is 0 Å². The average Bonchev–Trinajstić information content (AvgIpc) is 3.49. The summed E-state index contributed by atoms with van der Waals surface area (Å²) in [6.07, 6.45) is 7.84. The fourth-order valence-corrected chi connectivity index (χ4v) is 7.70. The van der Waals surface area contributed by atoms with Crippen molar-refractivity contribution in [2.75, 3.05) is 9.80 Å². The summed E-state index contributed by atoms with van der Waals surface area (Å²) >= 11 is 0. The van der Waals surface area contributed by atoms with E-state index in [0.29, 0.717) is 5.92 Å². The third kappa shape index (κ3) is 5.23. The van der Waals surface area contributed by atoms with Gasteiger partial charge in [0.2, 0.25) is 0 Å². The Kier molecular flexibility index (Phi) is 7.21. The molecule has 0 amide bonds. The van der Waals surface area contributed by atoms with E-state index in [2.05, 4.69) is 199 Å². The lowest BCUT2D eigenvalue weighted by atomic mass is 9.91. The fourth-order valence-electron chi connectivity index (χ4n) is 7.70. The van der Waals surface area contributed by atoms with E-state index in [1.165, 1.54) is 61.2 Å². The van der Waals surface area contributed by atoms with Gasteiger partial charge in [-0.05, 0) is 107 Å². The largest absolute Gasteiger partial charge is 0.313 e. The highest BCUT2D eigenvalue weighted by Crippen LogP contribution is 2.53. The quantitative estimate of drug-likeness (QED) is 0.181. The standard InChI is InChI=1S/C47H36N2/c1-33-28-38(31-41(29-33)48(39-19-6-3-7-20-39)40-21-12-18-36(30-40)34-14-4-2-5-15-34)37-26-27-44-43-23-10-11-24-46(43)49(47(44)32-37)45-25-13-17-35-16-8-9-22-42(35)45/h2-22,24-32,43H,23H2,1H3. The number of nitrogens with zero attached hydrogens (tertiary/aromatic N) is 2. The van der Waals surface area contributed by atoms with Crippen molar-refractivity contribution in [3.63, 3.8) is 0 Å². The molecule has 0 saturated heterocycles. The number of anilines is 5. The summed E-state index contributed by atoms with van der Waals surface area (Å²) in [5.41, 5.74) is 14.7. The van der Waals surface area contributed by atoms with Gasteiger partial charge in [0, 0.05) is 34.1 Å². The summed E-state index contributed by atoms with van der Waals surface area (Å²) in [5.74, 6) is 0.353. The van der Waals surface area contributed by atoms with Crippen molar-refractivity contribution in [1.82, 2.24) is 0 Å². The molecule has 2 aliphatic rings. The molecule has 49 heavy (non-hydrogen) atoms. The number of hydrogen-bond acceptors (Lipinski definition) is 2. The second-order valence-electron chi connectivity index (χ2n) is 13.1. The molecule has 0 aromatic heterocycles. The first-order valence-electron chi connectivity index (χ1n) is 17.1. The van der Waals surface area contributed by atoms with Gasteiger partial charge in [0.05, 0.1) is 11.4 Å². The van der Waals surface area contributed by atoms with Gasteiger partial charge >= 0.3 is 0 Å². The number of rotatable bonds is 6. The predicted molar refractivity (Wildman–Crippen MR) is 207 cm³/mol. The molecule has 1 aliphatic carbocycles. The van der Waals surface area contributed by atoms with Crippen LogP contribution in [-0.4, -0.2) is 0 Å². The Morgan fingerprint density at radius 3 is 2.10 bits per heavy atom. The molecule has 9 rings (SSSR count). The number of allylic oxidation sites excluding steroid dienone is 4. The zero-order valence-corrected chi connectivity index (χ0v) is 27.5. The second-order valence-corrected chi connectivity index (χ2v) is 13.1. The molecular formula is C47H36N2. The van der Waals surface area contributed by atoms with Crippen LogP contribution in [0, 0.1) is 6.92 Å². The van der Waals surface area contributed by atoms with Gasteiger partial charge in [0.25, 0.3) is 0 Å². The second kappa shape index (κ2) is 12.2. The Labute approximate surface area is 288 Å². The number of para-hydroxylation sites is 1. The van der Waals surface area contributed by atoms with Gasteiger partial charge in [-0.15, -0.1) is 0 Å². The lowest BCUT2D eigenvalue weighted by Gasteiger charge is -2.27. The van der Waals surface area contributed by atoms with Crippen LogP contribution in [0.1, 0.15) is 23.5 Å². The maximum Gasteiger partial charge on any atom is 0.0537 e. The lowest BCUT2D eigenvalue weighted by Crippen LogP contribution is -2.15. The molecule has 234 valence electrons. The first-order chi connectivity index (χ1) is 24.2. The normalized spacial score (nSPS) is 14.8. The summed E-state index contributed by atoms with van der Waals surface area (Å²) < 4.78 is 0. The van der Waals surface area contributed by atoms with Gasteiger partial charge < -0.3 is 9.80 Å². The molecule has 0 N–H and O–H groups in total. The van der Waals surface area contributed by atoms with Gasteiger partial charge in [-0.2, -0.15) is 0 Å². The summed E-state index contributed by atoms with van der Waals surface area (Å²) in [6, 6.07) is 59.7. The monoisotopic (exact) mass is 628 g/mol. The van der Waals surface area contributed by atoms with Crippen molar-refractivity contribution in [2.45, 2.75) is 19.3 Å². The van der Waals surface area contributed by atoms with E-state index in [1.807, 2.05) is 0 Å². The molecule has 2 nitrogen and oxygen atoms in total. The topological polar surface area (TPSA) is 6.48 Å². The maximum atomic E-state index is 2.51. The number of hydrogen-bond donors (Lipinski definition) is 0. The minimum absolute atomic E-state index is 0.353. The molecule has 1 unspecified atom stereocenters. The Hall–Kier alpha value is -6.12. The molecule has 0 saturated carbocycles. The zero-order valence-electron chi connectivity index (χ0n) is 27.5. The van der Waals surface area contributed by atoms with Crippen molar-refractivity contribution in [2.24, 2.45) is 0 Å². The molecule has 0 radical (unpaired) electrons. The van der Waals surface area contributed by atoms with Crippen molar-refractivity contribution < 1.29 is 0 Å². The highest BCUT2D eigenvalue weighted by atomic mass is 15.2. The predicted octanol–water partition coefficient (Wildman–Crippen LogP) is 13.0. The van der Waals surface area contributed by atoms with Gasteiger partial charge in [-0.3, -0.25) is 0 Å². The van der Waals surface area contributed by atoms with Crippen molar-refractivity contribution in [3.05, 3.63) is 199 Å². The minimum Gasteiger partial charge on any atom is -0.313 e. The van der Waals surface area contributed by atoms with Crippen LogP contribution in [0.2, 0.25) is 0 Å². The molecule has 0 fully saturated rings. The summed E-state index contributed by atoms with van der Waals surface area (Å²) in [6.45, 7) is 2.21. The Morgan fingerprint density at radius 2 is 1.22 bits per heavy atom. The first-order valence-corrected chi connectivity index (χ1v) is 17.1. The molecule has 0 bridgehead atoms. The number of benzene rings is 7. The molecular weight excluding hydrogens is 593 g/mol. The van der Waals surface area contributed by atoms with E-state index in [-0.39, 0.29) is 0 Å². The fraction of sp³-hybridized carbons (Fsp3) is 0.0638. The van der Waals surface area contributed by atoms with E-state index in [1.54, 1.807) is 0 Å². The van der Waals surface area contributed by atoms with E-state index in [0.717, 1.165) is 23.5 Å². The summed E-state index contributed by atoms with van der Waals surface area (Å²) in [4.78, 5) is 4.89. The van der Waals surface area contributed by atoms with Crippen LogP contribution >= 0.6 is 0 Å². The van der Waals surface area contributed by atoms with Crippen molar-refractivity contribution >= 4 is 39.2 Å². The first kappa shape index (κ1) is 29.1. The van der Waals surface area contributed by atoms with Gasteiger partial charge in [0.15, 0.2) is 0 Å². The van der Waals surface area contributed by atoms with E-state index >= 15 is 0 Å². The van der Waals surface area contributed by atoms with E-state index in [9.17, 15) is 0 Å². The molecule has 7 aromatic rings. The minimum atomic E-state index is 0.353. The third-order valence-electron chi connectivity index (χ3n) is 9.92. The van der Waals surface area contributed by atoms with Crippen molar-refractivity contribution in [1.29, 1.82) is 0 Å². The smallest absolute Gasteiger partial charge is 0.0537 e. The average molecular weight is 629 g/mol. The van der Waals surface area contributed by atoms with E-state index in [4.69, 9.17) is 0 Å². The van der Waals surface area contributed by atoms with Crippen LogP contribution < -0.4 is 9.80 Å². The van der Waals surface area contributed by atoms with Crippen LogP contribution in [0.15, 0.2) is 188 Å². The van der Waals surface area contributed by atoms with Crippen molar-refractivity contribution in [3.8, 4) is 22.3 Å². The zero-order chi connectivity index (χ0) is 32.7. The van der Waals surface area contributed by atoms with Crippen LogP contribution in [0.3, 0.4) is 0 Å². The van der Waals surface area contributed by atoms with Gasteiger partial charge in [-0.1, -0.05) is 127 Å². The molecule has 1 heterocycles. The third-order valence-corrected chi connectivity index (χ3v) is 9.92. The summed E-state index contributed by atoms with van der Waals surface area (Å²) in [7, 11) is 0. The Balaban J connectivity index is 1.18. The molecule has 0 spiro atoms. The Bertz CT molecular complexity index is 2380. The highest BCUT2D eigenvalue weighted by molar-refractivity contribution is 5.99. The molecule has 1 atom stereocenters. The summed E-state index contributed by atoms with van der Waals surface area (Å²) in [5, 5.41) is 2.53. The van der Waals surface area contributed by atoms with Gasteiger partial charge in [-0.25, -0.2) is 0 Å². The molecule has 1 aliphatic heterocycles. The van der Waals surface area contributed by atoms with Gasteiger partial charge in [0.1, 0.15) is 0 Å². The lowest BCUT2D eigenvalue weighted by molar-refractivity contribution is 0.820. The van der Waals surface area contributed by atoms with Crippen LogP contribution in [0.25, 0.3) is 33.0 Å². The molecule has 2 heteroatoms. The number of fused-ring (bicyclic) bond motifs is 4.